The Bertz CT molecular complexity index is 1390. The second-order valence-electron chi connectivity index (χ2n) is 7.04. The molecule has 12 heteroatoms. The molecule has 11 nitrogen and oxygen atoms in total. The molecule has 0 bridgehead atoms. The van der Waals surface area contributed by atoms with E-state index in [-0.39, 0.29) is 40.9 Å². The first-order valence-corrected chi connectivity index (χ1v) is 10.1. The van der Waals surface area contributed by atoms with E-state index in [9.17, 15) is 25.0 Å². The van der Waals surface area contributed by atoms with Gasteiger partial charge in [0, 0.05) is 36.1 Å². The van der Waals surface area contributed by atoms with Gasteiger partial charge in [-0.1, -0.05) is 11.6 Å². The van der Waals surface area contributed by atoms with Crippen molar-refractivity contribution < 1.29 is 18.9 Å². The molecule has 0 unspecified atom stereocenters. The highest BCUT2D eigenvalue weighted by Gasteiger charge is 2.16. The van der Waals surface area contributed by atoms with E-state index < -0.39 is 16.4 Å². The van der Waals surface area contributed by atoms with Gasteiger partial charge in [-0.3, -0.25) is 19.7 Å². The largest absolute Gasteiger partial charge is 0.455 e. The molecule has 3 rings (SSSR count). The van der Waals surface area contributed by atoms with Crippen molar-refractivity contribution in [1.82, 2.24) is 9.99 Å². The minimum absolute atomic E-state index is 0.0910. The summed E-state index contributed by atoms with van der Waals surface area (Å²) in [5.41, 5.74) is 2.72. The lowest BCUT2D eigenvalue weighted by Crippen LogP contribution is -2.33. The van der Waals surface area contributed by atoms with E-state index in [1.165, 1.54) is 31.5 Å². The molecule has 2 aromatic heterocycles. The van der Waals surface area contributed by atoms with Gasteiger partial charge >= 0.3 is 0 Å². The van der Waals surface area contributed by atoms with E-state index in [1.807, 2.05) is 6.07 Å². The van der Waals surface area contributed by atoms with Crippen LogP contribution in [0.15, 0.2) is 50.7 Å². The van der Waals surface area contributed by atoms with Crippen molar-refractivity contribution in [3.05, 3.63) is 84.5 Å². The van der Waals surface area contributed by atoms with Gasteiger partial charge in [-0.15, -0.1) is 0 Å². The third kappa shape index (κ3) is 5.37. The average Bonchev–Trinajstić information content (AvgIpc) is 3.26. The third-order valence-electron chi connectivity index (χ3n) is 4.74. The summed E-state index contributed by atoms with van der Waals surface area (Å²) in [5.74, 6) is -0.0657. The average molecular weight is 484 g/mol. The molecule has 2 heterocycles. The molecular formula is C22H18ClN5O6. The predicted molar refractivity (Wildman–Crippen MR) is 122 cm³/mol. The van der Waals surface area contributed by atoms with Crippen molar-refractivity contribution in [1.29, 1.82) is 5.26 Å². The van der Waals surface area contributed by atoms with Crippen LogP contribution in [0, 0.1) is 28.4 Å². The van der Waals surface area contributed by atoms with Gasteiger partial charge in [0.1, 0.15) is 29.7 Å². The summed E-state index contributed by atoms with van der Waals surface area (Å²) in [6.45, 7) is 1.39. The zero-order valence-electron chi connectivity index (χ0n) is 18.1. The first-order valence-electron chi connectivity index (χ1n) is 9.73. The number of aromatic nitrogens is 1. The van der Waals surface area contributed by atoms with Crippen LogP contribution in [0.2, 0.25) is 5.02 Å². The summed E-state index contributed by atoms with van der Waals surface area (Å²) >= 11 is 6.11. The topological polar surface area (TPSA) is 153 Å². The normalized spacial score (nSPS) is 10.9. The summed E-state index contributed by atoms with van der Waals surface area (Å²) in [5, 5.41) is 24.4. The van der Waals surface area contributed by atoms with Crippen LogP contribution in [0.3, 0.4) is 0 Å². The van der Waals surface area contributed by atoms with Gasteiger partial charge in [0.15, 0.2) is 0 Å². The number of benzene rings is 1. The van der Waals surface area contributed by atoms with Crippen molar-refractivity contribution in [2.45, 2.75) is 20.1 Å². The zero-order chi connectivity index (χ0) is 24.8. The fourth-order valence-corrected chi connectivity index (χ4v) is 3.36. The second-order valence-corrected chi connectivity index (χ2v) is 7.45. The van der Waals surface area contributed by atoms with Crippen molar-refractivity contribution in [3.63, 3.8) is 0 Å². The number of nitrogens with one attached hydrogen (secondary N) is 1. The maximum absolute atomic E-state index is 12.6. The molecule has 3 aromatic rings. The van der Waals surface area contributed by atoms with Crippen LogP contribution < -0.4 is 11.0 Å². The van der Waals surface area contributed by atoms with Crippen molar-refractivity contribution in [2.75, 3.05) is 7.11 Å². The van der Waals surface area contributed by atoms with Gasteiger partial charge in [-0.25, -0.2) is 5.43 Å². The SMILES string of the molecule is COCc1cc(C)n(CC(=O)N/N=C\c2ccc(-c3cc([N+](=O)[O-])ccc3Cl)o2)c(=O)c1C#N. The smallest absolute Gasteiger partial charge is 0.270 e. The maximum Gasteiger partial charge on any atom is 0.270 e. The number of rotatable bonds is 8. The Hall–Kier alpha value is -4.27. The molecule has 34 heavy (non-hydrogen) atoms. The summed E-state index contributed by atoms with van der Waals surface area (Å²) < 4.78 is 11.7. The van der Waals surface area contributed by atoms with Crippen LogP contribution >= 0.6 is 11.6 Å². The molecule has 174 valence electrons. The number of hydrazone groups is 1. The highest BCUT2D eigenvalue weighted by Crippen LogP contribution is 2.32. The quantitative estimate of drug-likeness (QED) is 0.293. The highest BCUT2D eigenvalue weighted by molar-refractivity contribution is 6.33. The maximum atomic E-state index is 12.6. The molecule has 0 atom stereocenters. The number of carbonyl (C=O) groups is 1. The van der Waals surface area contributed by atoms with Gasteiger partial charge in [0.25, 0.3) is 17.2 Å². The van der Waals surface area contributed by atoms with E-state index in [1.54, 1.807) is 25.1 Å². The van der Waals surface area contributed by atoms with Gasteiger partial charge in [0.05, 0.1) is 22.8 Å². The fourth-order valence-electron chi connectivity index (χ4n) is 3.15. The fraction of sp³-hybridized carbons (Fsp3) is 0.182. The number of aryl methyl sites for hydroxylation is 1. The minimum Gasteiger partial charge on any atom is -0.455 e. The highest BCUT2D eigenvalue weighted by atomic mass is 35.5. The number of methoxy groups -OCH3 is 1. The molecule has 0 spiro atoms. The molecule has 1 aromatic carbocycles. The lowest BCUT2D eigenvalue weighted by molar-refractivity contribution is -0.384. The monoisotopic (exact) mass is 483 g/mol. The summed E-state index contributed by atoms with van der Waals surface area (Å²) in [6.07, 6.45) is 1.23. The van der Waals surface area contributed by atoms with Gasteiger partial charge < -0.3 is 13.7 Å². The Kier molecular flexibility index (Phi) is 7.57. The number of nitro benzene ring substituents is 1. The lowest BCUT2D eigenvalue weighted by Gasteiger charge is -2.12. The van der Waals surface area contributed by atoms with Crippen LogP contribution in [-0.2, 0) is 22.7 Å². The first kappa shape index (κ1) is 24.4. The number of nitriles is 1. The molecule has 0 saturated heterocycles. The number of hydrogen-bond donors (Lipinski definition) is 1. The Morgan fingerprint density at radius 1 is 1.38 bits per heavy atom. The van der Waals surface area contributed by atoms with Gasteiger partial charge in [-0.2, -0.15) is 10.4 Å². The number of hydrogen-bond acceptors (Lipinski definition) is 8. The van der Waals surface area contributed by atoms with Crippen LogP contribution in [0.5, 0.6) is 0 Å². The minimum atomic E-state index is -0.599. The van der Waals surface area contributed by atoms with Gasteiger partial charge in [-0.05, 0) is 31.2 Å². The number of furan rings is 1. The zero-order valence-corrected chi connectivity index (χ0v) is 18.8. The number of nitro groups is 1. The van der Waals surface area contributed by atoms with E-state index in [0.29, 0.717) is 16.8 Å². The molecule has 0 aliphatic heterocycles. The summed E-state index contributed by atoms with van der Waals surface area (Å²) in [7, 11) is 1.45. The molecule has 0 fully saturated rings. The number of halogens is 1. The van der Waals surface area contributed by atoms with E-state index in [0.717, 1.165) is 4.57 Å². The van der Waals surface area contributed by atoms with Crippen molar-refractivity contribution in [3.8, 4) is 17.4 Å². The van der Waals surface area contributed by atoms with Crippen LogP contribution in [0.4, 0.5) is 5.69 Å². The van der Waals surface area contributed by atoms with Gasteiger partial charge in [0.2, 0.25) is 0 Å². The number of nitrogens with zero attached hydrogens (tertiary/aromatic N) is 4. The van der Waals surface area contributed by atoms with Crippen LogP contribution in [0.25, 0.3) is 11.3 Å². The number of carbonyl (C=O) groups excluding carboxylic acids is 1. The molecule has 1 amide bonds. The lowest BCUT2D eigenvalue weighted by atomic mass is 10.1. The number of ether oxygens (including phenoxy) is 1. The standard InChI is InChI=1S/C22H18ClN5O6/c1-13-7-14(12-33-2)18(9-24)22(30)27(13)11-21(29)26-25-10-16-4-6-20(34-16)17-8-15(28(31)32)3-5-19(17)23/h3-8,10H,11-12H2,1-2H3,(H,26,29)/b25-10-. The van der Waals surface area contributed by atoms with Crippen molar-refractivity contribution in [2.24, 2.45) is 5.10 Å². The Morgan fingerprint density at radius 2 is 2.15 bits per heavy atom. The molecule has 0 aliphatic carbocycles. The number of amides is 1. The Labute approximate surface area is 198 Å². The number of pyridine rings is 1. The summed E-state index contributed by atoms with van der Waals surface area (Å²) in [6, 6.07) is 10.5. The molecule has 0 radical (unpaired) electrons. The summed E-state index contributed by atoms with van der Waals surface area (Å²) in [4.78, 5) is 35.3. The van der Waals surface area contributed by atoms with E-state index in [2.05, 4.69) is 10.5 Å². The molecule has 0 aliphatic rings. The predicted octanol–water partition coefficient (Wildman–Crippen LogP) is 3.15. The second kappa shape index (κ2) is 10.6. The molecule has 1 N–H and O–H groups in total. The Morgan fingerprint density at radius 3 is 2.82 bits per heavy atom. The Balaban J connectivity index is 1.71. The molecule has 0 saturated carbocycles. The molecular weight excluding hydrogens is 466 g/mol. The van der Waals surface area contributed by atoms with Crippen LogP contribution in [0.1, 0.15) is 22.6 Å². The van der Waals surface area contributed by atoms with E-state index >= 15 is 0 Å². The first-order chi connectivity index (χ1) is 16.2. The van der Waals surface area contributed by atoms with Crippen LogP contribution in [-0.4, -0.2) is 28.7 Å². The van der Waals surface area contributed by atoms with E-state index in [4.69, 9.17) is 20.8 Å². The van der Waals surface area contributed by atoms with Crippen molar-refractivity contribution >= 4 is 29.4 Å². The number of non-ortho nitro benzene ring substituents is 1. The third-order valence-corrected chi connectivity index (χ3v) is 5.07.